The number of aromatic nitrogens is 1. The van der Waals surface area contributed by atoms with Crippen molar-refractivity contribution in [3.05, 3.63) is 27.4 Å². The standard InChI is InChI=1S/C15H13Cl2N3O2.C2H6/c1-7-11-9(2-4-19-15(7)21)20-14-12(11)10(22-5-3-18)6-8(16)13(14)17;1-2/h6-7,20H,2,4-5H2,1H3,(H,19,21);1-2H3. The Morgan fingerprint density at radius 3 is 2.79 bits per heavy atom. The summed E-state index contributed by atoms with van der Waals surface area (Å²) in [5, 5.41) is 13.1. The van der Waals surface area contributed by atoms with Gasteiger partial charge in [-0.2, -0.15) is 5.26 Å². The summed E-state index contributed by atoms with van der Waals surface area (Å²) >= 11 is 12.4. The van der Waals surface area contributed by atoms with Crippen molar-refractivity contribution in [2.45, 2.75) is 33.1 Å². The number of nitriles is 1. The van der Waals surface area contributed by atoms with Crippen LogP contribution in [-0.4, -0.2) is 24.0 Å². The predicted molar refractivity (Wildman–Crippen MR) is 95.9 cm³/mol. The molecule has 2 heterocycles. The number of amides is 1. The average Bonchev–Trinajstić information content (AvgIpc) is 2.91. The van der Waals surface area contributed by atoms with Gasteiger partial charge in [0.1, 0.15) is 11.8 Å². The highest BCUT2D eigenvalue weighted by molar-refractivity contribution is 6.45. The van der Waals surface area contributed by atoms with Crippen LogP contribution in [0.1, 0.15) is 37.9 Å². The first kappa shape index (κ1) is 18.4. The van der Waals surface area contributed by atoms with E-state index in [1.54, 1.807) is 6.07 Å². The molecule has 0 aliphatic carbocycles. The molecule has 1 aliphatic heterocycles. The second-order valence-corrected chi connectivity index (χ2v) is 5.93. The van der Waals surface area contributed by atoms with Crippen LogP contribution in [0.15, 0.2) is 6.07 Å². The maximum atomic E-state index is 12.1. The highest BCUT2D eigenvalue weighted by atomic mass is 35.5. The van der Waals surface area contributed by atoms with Gasteiger partial charge >= 0.3 is 0 Å². The van der Waals surface area contributed by atoms with Crippen LogP contribution in [0.4, 0.5) is 0 Å². The van der Waals surface area contributed by atoms with Gasteiger partial charge in [0.05, 0.1) is 21.5 Å². The molecular weight excluding hydrogens is 349 g/mol. The van der Waals surface area contributed by atoms with Crippen LogP contribution >= 0.6 is 23.2 Å². The van der Waals surface area contributed by atoms with E-state index in [1.807, 2.05) is 26.8 Å². The molecule has 0 bridgehead atoms. The Morgan fingerprint density at radius 1 is 1.42 bits per heavy atom. The van der Waals surface area contributed by atoms with Crippen molar-refractivity contribution in [1.29, 1.82) is 5.26 Å². The first-order valence-electron chi connectivity index (χ1n) is 7.84. The molecule has 0 fully saturated rings. The molecule has 5 nitrogen and oxygen atoms in total. The zero-order valence-corrected chi connectivity index (χ0v) is 15.3. The van der Waals surface area contributed by atoms with Crippen molar-refractivity contribution < 1.29 is 9.53 Å². The smallest absolute Gasteiger partial charge is 0.227 e. The Morgan fingerprint density at radius 2 is 2.12 bits per heavy atom. The van der Waals surface area contributed by atoms with Gasteiger partial charge in [-0.3, -0.25) is 4.79 Å². The molecule has 0 spiro atoms. The summed E-state index contributed by atoms with van der Waals surface area (Å²) in [5.74, 6) is 0.0786. The van der Waals surface area contributed by atoms with Crippen LogP contribution in [0.2, 0.25) is 10.0 Å². The molecule has 1 atom stereocenters. The summed E-state index contributed by atoms with van der Waals surface area (Å²) in [6.07, 6.45) is 0.672. The van der Waals surface area contributed by atoms with Crippen LogP contribution in [0, 0.1) is 11.3 Å². The number of nitrogens with zero attached hydrogens (tertiary/aromatic N) is 1. The molecule has 7 heteroatoms. The van der Waals surface area contributed by atoms with E-state index >= 15 is 0 Å². The fourth-order valence-electron chi connectivity index (χ4n) is 2.85. The third-order valence-corrected chi connectivity index (χ3v) is 4.63. The Hall–Kier alpha value is -1.90. The van der Waals surface area contributed by atoms with Gasteiger partial charge in [-0.1, -0.05) is 37.0 Å². The summed E-state index contributed by atoms with van der Waals surface area (Å²) < 4.78 is 5.50. The van der Waals surface area contributed by atoms with E-state index in [0.717, 1.165) is 16.6 Å². The van der Waals surface area contributed by atoms with Gasteiger partial charge in [0.15, 0.2) is 6.61 Å². The molecule has 0 radical (unpaired) electrons. The molecule has 3 rings (SSSR count). The molecule has 1 amide bonds. The Kier molecular flexibility index (Phi) is 5.98. The average molecular weight is 368 g/mol. The van der Waals surface area contributed by atoms with Gasteiger partial charge in [0.2, 0.25) is 5.91 Å². The van der Waals surface area contributed by atoms with E-state index in [-0.39, 0.29) is 18.4 Å². The van der Waals surface area contributed by atoms with Crippen LogP contribution < -0.4 is 10.1 Å². The van der Waals surface area contributed by atoms with Crippen LogP contribution in [0.5, 0.6) is 5.75 Å². The zero-order valence-electron chi connectivity index (χ0n) is 13.8. The lowest BCUT2D eigenvalue weighted by Crippen LogP contribution is -2.26. The topological polar surface area (TPSA) is 77.9 Å². The molecule has 0 saturated heterocycles. The third kappa shape index (κ3) is 3.17. The van der Waals surface area contributed by atoms with Crippen molar-refractivity contribution in [3.8, 4) is 11.8 Å². The van der Waals surface area contributed by atoms with Crippen molar-refractivity contribution in [3.63, 3.8) is 0 Å². The number of ether oxygens (including phenoxy) is 1. The Balaban J connectivity index is 0.00000100. The van der Waals surface area contributed by atoms with E-state index in [9.17, 15) is 4.79 Å². The lowest BCUT2D eigenvalue weighted by Gasteiger charge is -2.12. The number of hydrogen-bond donors (Lipinski definition) is 2. The number of halogens is 2. The molecule has 2 aromatic rings. The minimum absolute atomic E-state index is 0.0445. The minimum atomic E-state index is -0.340. The first-order valence-corrected chi connectivity index (χ1v) is 8.60. The zero-order chi connectivity index (χ0) is 17.9. The number of aromatic amines is 1. The Bertz CT molecular complexity index is 808. The first-order chi connectivity index (χ1) is 11.5. The summed E-state index contributed by atoms with van der Waals surface area (Å²) in [4.78, 5) is 15.4. The lowest BCUT2D eigenvalue weighted by molar-refractivity contribution is -0.121. The van der Waals surface area contributed by atoms with E-state index < -0.39 is 0 Å². The minimum Gasteiger partial charge on any atom is -0.478 e. The largest absolute Gasteiger partial charge is 0.478 e. The van der Waals surface area contributed by atoms with Gasteiger partial charge < -0.3 is 15.0 Å². The molecule has 1 aromatic carbocycles. The van der Waals surface area contributed by atoms with Crippen molar-refractivity contribution >= 4 is 40.0 Å². The molecule has 0 saturated carbocycles. The maximum Gasteiger partial charge on any atom is 0.227 e. The quantitative estimate of drug-likeness (QED) is 0.835. The molecule has 128 valence electrons. The molecule has 2 N–H and O–H groups in total. The van der Waals surface area contributed by atoms with Crippen molar-refractivity contribution in [2.24, 2.45) is 0 Å². The molecular formula is C17H19Cl2N3O2. The Labute approximate surface area is 150 Å². The molecule has 1 aliphatic rings. The van der Waals surface area contributed by atoms with Crippen molar-refractivity contribution in [2.75, 3.05) is 13.2 Å². The second-order valence-electron chi connectivity index (χ2n) is 5.15. The van der Waals surface area contributed by atoms with E-state index in [1.165, 1.54) is 0 Å². The number of carbonyl (C=O) groups is 1. The van der Waals surface area contributed by atoms with Crippen LogP contribution in [0.25, 0.3) is 10.9 Å². The molecule has 1 aromatic heterocycles. The van der Waals surface area contributed by atoms with E-state index in [4.69, 9.17) is 33.2 Å². The van der Waals surface area contributed by atoms with Crippen molar-refractivity contribution in [1.82, 2.24) is 10.3 Å². The van der Waals surface area contributed by atoms with Gasteiger partial charge in [0.25, 0.3) is 0 Å². The number of fused-ring (bicyclic) bond motifs is 3. The summed E-state index contributed by atoms with van der Waals surface area (Å²) in [7, 11) is 0. The highest BCUT2D eigenvalue weighted by Crippen LogP contribution is 2.43. The fraction of sp³-hybridized carbons (Fsp3) is 0.412. The predicted octanol–water partition coefficient (Wildman–Crippen LogP) is 4.18. The van der Waals surface area contributed by atoms with Gasteiger partial charge in [-0.15, -0.1) is 0 Å². The third-order valence-electron chi connectivity index (χ3n) is 3.85. The number of nitrogens with one attached hydrogen (secondary N) is 2. The second kappa shape index (κ2) is 7.78. The monoisotopic (exact) mass is 367 g/mol. The maximum absolute atomic E-state index is 12.1. The molecule has 24 heavy (non-hydrogen) atoms. The SMILES string of the molecule is CC.CC1C(=O)NCCc2[nH]c3c(Cl)c(Cl)cc(OCC#N)c3c21. The van der Waals surface area contributed by atoms with E-state index in [0.29, 0.717) is 34.3 Å². The lowest BCUT2D eigenvalue weighted by atomic mass is 9.96. The van der Waals surface area contributed by atoms with E-state index in [2.05, 4.69) is 10.3 Å². The number of H-pyrrole nitrogens is 1. The normalized spacial score (nSPS) is 16.3. The van der Waals surface area contributed by atoms with Gasteiger partial charge in [-0.25, -0.2) is 0 Å². The van der Waals surface area contributed by atoms with Crippen LogP contribution in [0.3, 0.4) is 0 Å². The summed E-state index contributed by atoms with van der Waals surface area (Å²) in [6.45, 7) is 6.29. The highest BCUT2D eigenvalue weighted by Gasteiger charge is 2.29. The number of hydrogen-bond acceptors (Lipinski definition) is 3. The summed E-state index contributed by atoms with van der Waals surface area (Å²) in [5.41, 5.74) is 2.44. The summed E-state index contributed by atoms with van der Waals surface area (Å²) in [6, 6.07) is 3.52. The fourth-order valence-corrected chi connectivity index (χ4v) is 3.24. The van der Waals surface area contributed by atoms with Gasteiger partial charge in [-0.05, 0) is 12.5 Å². The number of rotatable bonds is 2. The van der Waals surface area contributed by atoms with Gasteiger partial charge in [0, 0.05) is 30.1 Å². The number of benzene rings is 1. The van der Waals surface area contributed by atoms with Crippen LogP contribution in [-0.2, 0) is 11.2 Å². The molecule has 1 unspecified atom stereocenters. The number of carbonyl (C=O) groups excluding carboxylic acids is 1.